The monoisotopic (exact) mass is 253 g/mol. The smallest absolute Gasteiger partial charge is 0.00746 e. The molecule has 0 amide bonds. The van der Waals surface area contributed by atoms with Gasteiger partial charge in [0.15, 0.2) is 0 Å². The SMILES string of the molecule is Cc1cccc(-c2ccc(CC(C)CCN)cc2)c1. The van der Waals surface area contributed by atoms with E-state index in [1.54, 1.807) is 0 Å². The molecule has 0 aliphatic heterocycles. The highest BCUT2D eigenvalue weighted by molar-refractivity contribution is 5.64. The molecule has 0 aliphatic carbocycles. The highest BCUT2D eigenvalue weighted by atomic mass is 14.5. The van der Waals surface area contributed by atoms with Crippen LogP contribution in [-0.2, 0) is 6.42 Å². The molecule has 0 heterocycles. The molecule has 100 valence electrons. The number of rotatable bonds is 5. The number of hydrogen-bond donors (Lipinski definition) is 1. The molecule has 0 spiro atoms. The largest absolute Gasteiger partial charge is 0.330 e. The van der Waals surface area contributed by atoms with Crippen LogP contribution in [-0.4, -0.2) is 6.54 Å². The first-order valence-corrected chi connectivity index (χ1v) is 7.05. The van der Waals surface area contributed by atoms with Gasteiger partial charge in [0, 0.05) is 0 Å². The van der Waals surface area contributed by atoms with Crippen molar-refractivity contribution in [3.05, 3.63) is 59.7 Å². The molecule has 0 fully saturated rings. The Morgan fingerprint density at radius 3 is 2.37 bits per heavy atom. The topological polar surface area (TPSA) is 26.0 Å². The van der Waals surface area contributed by atoms with E-state index in [9.17, 15) is 0 Å². The Bertz CT molecular complexity index is 513. The third-order valence-corrected chi connectivity index (χ3v) is 3.55. The Morgan fingerprint density at radius 1 is 1.00 bits per heavy atom. The maximum absolute atomic E-state index is 5.60. The van der Waals surface area contributed by atoms with E-state index < -0.39 is 0 Å². The summed E-state index contributed by atoms with van der Waals surface area (Å²) in [4.78, 5) is 0. The van der Waals surface area contributed by atoms with Gasteiger partial charge in [0.1, 0.15) is 0 Å². The summed E-state index contributed by atoms with van der Waals surface area (Å²) >= 11 is 0. The molecular weight excluding hydrogens is 230 g/mol. The lowest BCUT2D eigenvalue weighted by Gasteiger charge is -2.10. The van der Waals surface area contributed by atoms with Gasteiger partial charge in [-0.3, -0.25) is 0 Å². The van der Waals surface area contributed by atoms with E-state index in [4.69, 9.17) is 5.73 Å². The molecule has 1 atom stereocenters. The summed E-state index contributed by atoms with van der Waals surface area (Å²) in [6.45, 7) is 5.18. The molecule has 1 nitrogen and oxygen atoms in total. The average Bonchev–Trinajstić information content (AvgIpc) is 2.40. The highest BCUT2D eigenvalue weighted by Crippen LogP contribution is 2.22. The van der Waals surface area contributed by atoms with E-state index in [1.165, 1.54) is 22.3 Å². The minimum Gasteiger partial charge on any atom is -0.330 e. The Morgan fingerprint density at radius 2 is 1.74 bits per heavy atom. The molecule has 2 aromatic carbocycles. The average molecular weight is 253 g/mol. The fourth-order valence-corrected chi connectivity index (χ4v) is 2.45. The lowest BCUT2D eigenvalue weighted by molar-refractivity contribution is 0.538. The Hall–Kier alpha value is -1.60. The number of hydrogen-bond acceptors (Lipinski definition) is 1. The second-order valence-corrected chi connectivity index (χ2v) is 5.45. The molecule has 2 N–H and O–H groups in total. The summed E-state index contributed by atoms with van der Waals surface area (Å²) in [6.07, 6.45) is 2.21. The first kappa shape index (κ1) is 13.8. The molecule has 0 bridgehead atoms. The van der Waals surface area contributed by atoms with Crippen LogP contribution in [0.4, 0.5) is 0 Å². The van der Waals surface area contributed by atoms with Crippen molar-refractivity contribution in [3.63, 3.8) is 0 Å². The third-order valence-electron chi connectivity index (χ3n) is 3.55. The summed E-state index contributed by atoms with van der Waals surface area (Å²) in [6, 6.07) is 17.6. The predicted octanol–water partition coefficient (Wildman–Crippen LogP) is 4.19. The first-order valence-electron chi connectivity index (χ1n) is 7.05. The predicted molar refractivity (Wildman–Crippen MR) is 83.2 cm³/mol. The molecule has 0 radical (unpaired) electrons. The number of benzene rings is 2. The van der Waals surface area contributed by atoms with Crippen molar-refractivity contribution in [2.75, 3.05) is 6.54 Å². The maximum atomic E-state index is 5.60. The number of nitrogens with two attached hydrogens (primary N) is 1. The van der Waals surface area contributed by atoms with Gasteiger partial charge >= 0.3 is 0 Å². The Balaban J connectivity index is 2.10. The maximum Gasteiger partial charge on any atom is -0.00746 e. The van der Waals surface area contributed by atoms with E-state index in [0.717, 1.165) is 19.4 Å². The van der Waals surface area contributed by atoms with Crippen LogP contribution in [0.15, 0.2) is 48.5 Å². The third kappa shape index (κ3) is 3.93. The van der Waals surface area contributed by atoms with Crippen molar-refractivity contribution < 1.29 is 0 Å². The summed E-state index contributed by atoms with van der Waals surface area (Å²) in [5, 5.41) is 0. The Labute approximate surface area is 116 Å². The van der Waals surface area contributed by atoms with Crippen molar-refractivity contribution in [2.45, 2.75) is 26.7 Å². The summed E-state index contributed by atoms with van der Waals surface area (Å²) in [5.41, 5.74) is 10.9. The summed E-state index contributed by atoms with van der Waals surface area (Å²) in [7, 11) is 0. The fourth-order valence-electron chi connectivity index (χ4n) is 2.45. The van der Waals surface area contributed by atoms with E-state index in [0.29, 0.717) is 5.92 Å². The minimum atomic E-state index is 0.662. The zero-order valence-electron chi connectivity index (χ0n) is 11.9. The second-order valence-electron chi connectivity index (χ2n) is 5.45. The highest BCUT2D eigenvalue weighted by Gasteiger charge is 2.03. The first-order chi connectivity index (χ1) is 9.19. The van der Waals surface area contributed by atoms with Crippen molar-refractivity contribution in [2.24, 2.45) is 11.7 Å². The van der Waals surface area contributed by atoms with Gasteiger partial charge in [-0.05, 0) is 48.9 Å². The molecule has 0 aliphatic rings. The molecular formula is C18H23N. The molecule has 19 heavy (non-hydrogen) atoms. The molecule has 0 aromatic heterocycles. The van der Waals surface area contributed by atoms with Gasteiger partial charge in [-0.1, -0.05) is 61.0 Å². The van der Waals surface area contributed by atoms with Gasteiger partial charge in [-0.2, -0.15) is 0 Å². The van der Waals surface area contributed by atoms with Crippen LogP contribution < -0.4 is 5.73 Å². The van der Waals surface area contributed by atoms with Gasteiger partial charge < -0.3 is 5.73 Å². The van der Waals surface area contributed by atoms with Crippen LogP contribution in [0.3, 0.4) is 0 Å². The van der Waals surface area contributed by atoms with E-state index >= 15 is 0 Å². The fraction of sp³-hybridized carbons (Fsp3) is 0.333. The van der Waals surface area contributed by atoms with Crippen molar-refractivity contribution in [1.82, 2.24) is 0 Å². The van der Waals surface area contributed by atoms with E-state index in [-0.39, 0.29) is 0 Å². The van der Waals surface area contributed by atoms with Gasteiger partial charge in [0.05, 0.1) is 0 Å². The van der Waals surface area contributed by atoms with Crippen LogP contribution in [0.1, 0.15) is 24.5 Å². The van der Waals surface area contributed by atoms with E-state index in [2.05, 4.69) is 62.4 Å². The molecule has 1 unspecified atom stereocenters. The Kier molecular flexibility index (Phi) is 4.75. The standard InChI is InChI=1S/C18H23N/c1-14-4-3-5-18(13-14)17-8-6-16(7-9-17)12-15(2)10-11-19/h3-9,13,15H,10-12,19H2,1-2H3. The van der Waals surface area contributed by atoms with Gasteiger partial charge in [0.25, 0.3) is 0 Å². The van der Waals surface area contributed by atoms with Crippen LogP contribution in [0.2, 0.25) is 0 Å². The van der Waals surface area contributed by atoms with Gasteiger partial charge in [-0.15, -0.1) is 0 Å². The minimum absolute atomic E-state index is 0.662. The zero-order chi connectivity index (χ0) is 13.7. The van der Waals surface area contributed by atoms with Gasteiger partial charge in [0.2, 0.25) is 0 Å². The summed E-state index contributed by atoms with van der Waals surface area (Å²) in [5.74, 6) is 0.662. The van der Waals surface area contributed by atoms with Crippen molar-refractivity contribution >= 4 is 0 Å². The molecule has 2 aromatic rings. The second kappa shape index (κ2) is 6.53. The summed E-state index contributed by atoms with van der Waals surface area (Å²) < 4.78 is 0. The van der Waals surface area contributed by atoms with Gasteiger partial charge in [-0.25, -0.2) is 0 Å². The lowest BCUT2D eigenvalue weighted by atomic mass is 9.96. The van der Waals surface area contributed by atoms with Crippen molar-refractivity contribution in [1.29, 1.82) is 0 Å². The van der Waals surface area contributed by atoms with Crippen LogP contribution in [0.5, 0.6) is 0 Å². The molecule has 0 saturated carbocycles. The van der Waals surface area contributed by atoms with E-state index in [1.807, 2.05) is 0 Å². The molecule has 1 heteroatoms. The van der Waals surface area contributed by atoms with Crippen molar-refractivity contribution in [3.8, 4) is 11.1 Å². The van der Waals surface area contributed by atoms with Crippen LogP contribution in [0.25, 0.3) is 11.1 Å². The van der Waals surface area contributed by atoms with Crippen LogP contribution >= 0.6 is 0 Å². The zero-order valence-corrected chi connectivity index (χ0v) is 11.9. The molecule has 0 saturated heterocycles. The van der Waals surface area contributed by atoms with Crippen LogP contribution in [0, 0.1) is 12.8 Å². The lowest BCUT2D eigenvalue weighted by Crippen LogP contribution is -2.07. The quantitative estimate of drug-likeness (QED) is 0.849. The number of aryl methyl sites for hydroxylation is 1. The normalized spacial score (nSPS) is 12.4. The molecule has 2 rings (SSSR count).